The summed E-state index contributed by atoms with van der Waals surface area (Å²) in [7, 11) is -0.633. The van der Waals surface area contributed by atoms with Crippen LogP contribution in [0.25, 0.3) is 0 Å². The Morgan fingerprint density at radius 1 is 0.769 bits per heavy atom. The van der Waals surface area contributed by atoms with E-state index in [1.807, 2.05) is 27.7 Å². The molecule has 9 nitrogen and oxygen atoms in total. The molecular formula is C15H36O9Si2. The Labute approximate surface area is 159 Å². The second-order valence-electron chi connectivity index (χ2n) is 5.00. The largest absolute Gasteiger partial charge is 0.679 e. The minimum Gasteiger partial charge on any atom is -0.375 e. The van der Waals surface area contributed by atoms with E-state index in [1.165, 1.54) is 0 Å². The highest BCUT2D eigenvalue weighted by molar-refractivity contribution is 6.60. The Balaban J connectivity index is 0.000000481. The zero-order valence-electron chi connectivity index (χ0n) is 17.2. The van der Waals surface area contributed by atoms with Crippen LogP contribution in [0.3, 0.4) is 0 Å². The van der Waals surface area contributed by atoms with E-state index in [0.717, 1.165) is 6.61 Å². The van der Waals surface area contributed by atoms with Crippen molar-refractivity contribution in [3.8, 4) is 0 Å². The van der Waals surface area contributed by atoms with Crippen LogP contribution in [-0.4, -0.2) is 91.2 Å². The molecule has 0 aromatic rings. The van der Waals surface area contributed by atoms with Crippen LogP contribution in [0.5, 0.6) is 0 Å². The standard InChI is InChI=1S/C8H20O4Si.C7H16O5Si/c1-5-9-13(10-6-2,11-7-3)12-8-4;1-8-13(9-2,10-3)6-11-4-7-5-12-7/h5-8H2,1-4H3;7H,4-6H2,1-3H3. The number of ether oxygens (including phenoxy) is 2. The van der Waals surface area contributed by atoms with Crippen molar-refractivity contribution in [2.75, 3.05) is 67.2 Å². The molecule has 1 aliphatic rings. The molecule has 0 saturated carbocycles. The molecule has 1 rings (SSSR count). The lowest BCUT2D eigenvalue weighted by Gasteiger charge is -2.26. The maximum atomic E-state index is 5.42. The Hall–Kier alpha value is 0.0738. The number of hydrogen-bond acceptors (Lipinski definition) is 9. The van der Waals surface area contributed by atoms with E-state index in [2.05, 4.69) is 0 Å². The Kier molecular flexibility index (Phi) is 15.1. The van der Waals surface area contributed by atoms with Gasteiger partial charge in [-0.05, 0) is 27.7 Å². The maximum absolute atomic E-state index is 5.42. The maximum Gasteiger partial charge on any atom is 0.679 e. The van der Waals surface area contributed by atoms with Gasteiger partial charge in [-0.15, -0.1) is 0 Å². The first-order valence-electron chi connectivity index (χ1n) is 8.91. The molecule has 1 aliphatic heterocycles. The lowest BCUT2D eigenvalue weighted by atomic mass is 10.5. The second kappa shape index (κ2) is 15.0. The molecule has 0 aromatic carbocycles. The van der Waals surface area contributed by atoms with Gasteiger partial charge in [0, 0.05) is 47.8 Å². The summed E-state index contributed by atoms with van der Waals surface area (Å²) in [6.07, 6.45) is 0.633. The summed E-state index contributed by atoms with van der Waals surface area (Å²) < 4.78 is 47.5. The normalized spacial score (nSPS) is 17.0. The third kappa shape index (κ3) is 10.4. The van der Waals surface area contributed by atoms with Crippen molar-refractivity contribution in [2.24, 2.45) is 0 Å². The van der Waals surface area contributed by atoms with Crippen LogP contribution < -0.4 is 0 Å². The van der Waals surface area contributed by atoms with E-state index < -0.39 is 17.9 Å². The van der Waals surface area contributed by atoms with Gasteiger partial charge in [-0.1, -0.05) is 0 Å². The third-order valence-corrected chi connectivity index (χ3v) is 8.20. The molecule has 1 atom stereocenters. The van der Waals surface area contributed by atoms with E-state index in [9.17, 15) is 0 Å². The van der Waals surface area contributed by atoms with Gasteiger partial charge in [0.25, 0.3) is 0 Å². The molecule has 26 heavy (non-hydrogen) atoms. The monoisotopic (exact) mass is 416 g/mol. The SMILES string of the molecule is CCO[Si](OCC)(OCC)OCC.CO[Si](COCC1CO1)(OC)OC. The minimum atomic E-state index is -2.80. The van der Waals surface area contributed by atoms with Gasteiger partial charge in [-0.2, -0.15) is 0 Å². The van der Waals surface area contributed by atoms with E-state index >= 15 is 0 Å². The molecule has 158 valence electrons. The first-order valence-corrected chi connectivity index (χ1v) is 12.5. The van der Waals surface area contributed by atoms with E-state index in [1.54, 1.807) is 21.3 Å². The molecule has 0 bridgehead atoms. The van der Waals surface area contributed by atoms with Gasteiger partial charge in [0.1, 0.15) is 12.3 Å². The fourth-order valence-electron chi connectivity index (χ4n) is 1.86. The molecule has 0 amide bonds. The van der Waals surface area contributed by atoms with Crippen molar-refractivity contribution in [1.82, 2.24) is 0 Å². The fraction of sp³-hybridized carbons (Fsp3) is 1.00. The molecule has 1 unspecified atom stereocenters. The molecule has 0 aliphatic carbocycles. The van der Waals surface area contributed by atoms with Crippen LogP contribution >= 0.6 is 0 Å². The first-order chi connectivity index (χ1) is 12.5. The predicted molar refractivity (Wildman–Crippen MR) is 99.6 cm³/mol. The van der Waals surface area contributed by atoms with Crippen molar-refractivity contribution in [2.45, 2.75) is 33.8 Å². The van der Waals surface area contributed by atoms with Gasteiger partial charge in [0.2, 0.25) is 0 Å². The van der Waals surface area contributed by atoms with Crippen LogP contribution in [0.2, 0.25) is 0 Å². The zero-order valence-corrected chi connectivity index (χ0v) is 19.2. The highest BCUT2D eigenvalue weighted by Gasteiger charge is 2.44. The van der Waals surface area contributed by atoms with Gasteiger partial charge >= 0.3 is 17.9 Å². The zero-order chi connectivity index (χ0) is 19.9. The van der Waals surface area contributed by atoms with Crippen molar-refractivity contribution in [3.63, 3.8) is 0 Å². The van der Waals surface area contributed by atoms with Gasteiger partial charge in [0.05, 0.1) is 13.2 Å². The molecule has 0 radical (unpaired) electrons. The lowest BCUT2D eigenvalue weighted by molar-refractivity contribution is -0.0247. The summed E-state index contributed by atoms with van der Waals surface area (Å²) in [5.74, 6) is 0. The molecule has 1 saturated heterocycles. The first kappa shape index (κ1) is 26.1. The Bertz CT molecular complexity index is 290. The highest BCUT2D eigenvalue weighted by atomic mass is 28.4. The summed E-state index contributed by atoms with van der Waals surface area (Å²) in [6, 6.07) is 0. The number of rotatable bonds is 15. The summed E-state index contributed by atoms with van der Waals surface area (Å²) in [5, 5.41) is 0. The highest BCUT2D eigenvalue weighted by Crippen LogP contribution is 2.12. The molecule has 0 spiro atoms. The van der Waals surface area contributed by atoms with E-state index in [4.69, 9.17) is 40.5 Å². The molecule has 11 heteroatoms. The van der Waals surface area contributed by atoms with E-state index in [-0.39, 0.29) is 6.10 Å². The average Bonchev–Trinajstić information content (AvgIpc) is 3.45. The van der Waals surface area contributed by atoms with Crippen LogP contribution in [-0.2, 0) is 40.5 Å². The minimum absolute atomic E-state index is 0.261. The fourth-order valence-corrected chi connectivity index (χ4v) is 5.00. The molecule has 1 heterocycles. The van der Waals surface area contributed by atoms with E-state index in [0.29, 0.717) is 39.3 Å². The average molecular weight is 417 g/mol. The van der Waals surface area contributed by atoms with Gasteiger partial charge in [-0.3, -0.25) is 0 Å². The number of epoxide rings is 1. The topological polar surface area (TPSA) is 86.4 Å². The summed E-state index contributed by atoms with van der Waals surface area (Å²) in [6.45, 7) is 11.2. The van der Waals surface area contributed by atoms with Crippen LogP contribution in [0.1, 0.15) is 27.7 Å². The van der Waals surface area contributed by atoms with Crippen LogP contribution in [0, 0.1) is 0 Å². The molecule has 0 N–H and O–H groups in total. The summed E-state index contributed by atoms with van der Waals surface area (Å²) in [4.78, 5) is 0. The van der Waals surface area contributed by atoms with Crippen molar-refractivity contribution in [3.05, 3.63) is 0 Å². The van der Waals surface area contributed by atoms with Crippen molar-refractivity contribution >= 4 is 17.9 Å². The van der Waals surface area contributed by atoms with Gasteiger partial charge in [-0.25, -0.2) is 0 Å². The summed E-state index contributed by atoms with van der Waals surface area (Å²) in [5.41, 5.74) is 0. The lowest BCUT2D eigenvalue weighted by Crippen LogP contribution is -2.49. The van der Waals surface area contributed by atoms with Crippen LogP contribution in [0.15, 0.2) is 0 Å². The van der Waals surface area contributed by atoms with Gasteiger partial charge in [0.15, 0.2) is 0 Å². The van der Waals surface area contributed by atoms with Crippen molar-refractivity contribution in [1.29, 1.82) is 0 Å². The Morgan fingerprint density at radius 3 is 1.42 bits per heavy atom. The molecular weight excluding hydrogens is 380 g/mol. The molecule has 0 aromatic heterocycles. The predicted octanol–water partition coefficient (Wildman–Crippen LogP) is 1.39. The van der Waals surface area contributed by atoms with Crippen LogP contribution in [0.4, 0.5) is 0 Å². The third-order valence-electron chi connectivity index (χ3n) is 3.20. The smallest absolute Gasteiger partial charge is 0.375 e. The van der Waals surface area contributed by atoms with Gasteiger partial charge < -0.3 is 40.5 Å². The number of hydrogen-bond donors (Lipinski definition) is 0. The second-order valence-corrected chi connectivity index (χ2v) is 10.0. The van der Waals surface area contributed by atoms with Crippen molar-refractivity contribution < 1.29 is 40.5 Å². The molecule has 1 fully saturated rings. The quantitative estimate of drug-likeness (QED) is 0.290. The summed E-state index contributed by atoms with van der Waals surface area (Å²) >= 11 is 0. The Morgan fingerprint density at radius 2 is 1.15 bits per heavy atom.